The van der Waals surface area contributed by atoms with Crippen LogP contribution in [0.3, 0.4) is 0 Å². The van der Waals surface area contributed by atoms with E-state index in [1.54, 1.807) is 52.0 Å². The number of imide groups is 1. The van der Waals surface area contributed by atoms with Crippen molar-refractivity contribution in [2.24, 2.45) is 22.7 Å². The van der Waals surface area contributed by atoms with Crippen LogP contribution in [0.2, 0.25) is 0 Å². The third-order valence-corrected chi connectivity index (χ3v) is 14.4. The molecule has 0 spiro atoms. The maximum absolute atomic E-state index is 15.3. The van der Waals surface area contributed by atoms with E-state index in [4.69, 9.17) is 23.5 Å². The Hall–Kier alpha value is -5.67. The zero-order chi connectivity index (χ0) is 47.2. The Labute approximate surface area is 379 Å². The van der Waals surface area contributed by atoms with Crippen molar-refractivity contribution in [1.82, 2.24) is 25.4 Å². The topological polar surface area (TPSA) is 204 Å². The fourth-order valence-electron chi connectivity index (χ4n) is 9.40. The number of benzene rings is 2. The third-order valence-electron chi connectivity index (χ3n) is 13.7. The fraction of sp³-hybridized carbons (Fsp3) is 0.523. The summed E-state index contributed by atoms with van der Waals surface area (Å²) in [5.41, 5.74) is -4.19. The van der Waals surface area contributed by atoms with Gasteiger partial charge in [0.1, 0.15) is 30.0 Å². The first-order valence-electron chi connectivity index (χ1n) is 21.3. The van der Waals surface area contributed by atoms with Crippen molar-refractivity contribution in [3.05, 3.63) is 76.3 Å². The fourth-order valence-corrected chi connectivity index (χ4v) is 10.1. The molecular weight excluding hydrogens is 869 g/mol. The first kappa shape index (κ1) is 47.3. The molecule has 8 rings (SSSR count). The molecular formula is C44H53BF2N6O11S. The van der Waals surface area contributed by atoms with Crippen molar-refractivity contribution in [3.63, 3.8) is 0 Å². The van der Waals surface area contributed by atoms with Crippen LogP contribution in [0.1, 0.15) is 89.0 Å². The van der Waals surface area contributed by atoms with E-state index < -0.39 is 95.3 Å². The normalized spacial score (nSPS) is 23.7. The zero-order valence-corrected chi connectivity index (χ0v) is 38.3. The number of esters is 1. The summed E-state index contributed by atoms with van der Waals surface area (Å²) in [7, 11) is -0.166. The number of halogens is 2. The number of hydrogen-bond acceptors (Lipinski definition) is 13. The molecule has 6 atom stereocenters. The molecule has 3 saturated carbocycles. The number of nitrogens with zero attached hydrogens (tertiary/aromatic N) is 3. The van der Waals surface area contributed by atoms with E-state index >= 15 is 9.18 Å². The summed E-state index contributed by atoms with van der Waals surface area (Å²) in [5.74, 6) is -7.08. The van der Waals surface area contributed by atoms with Crippen LogP contribution in [0.25, 0.3) is 0 Å². The summed E-state index contributed by atoms with van der Waals surface area (Å²) in [6, 6.07) is 7.97. The van der Waals surface area contributed by atoms with Crippen molar-refractivity contribution in [1.29, 1.82) is 0 Å². The minimum Gasteiger partial charge on any atom is -0.496 e. The van der Waals surface area contributed by atoms with Gasteiger partial charge in [0.25, 0.3) is 0 Å². The average molecular weight is 923 g/mol. The number of likely N-dealkylation sites (N-methyl/N-ethyl adjacent to an activating group) is 1. The number of methoxy groups -OCH3 is 1. The summed E-state index contributed by atoms with van der Waals surface area (Å²) in [4.78, 5) is 88.3. The van der Waals surface area contributed by atoms with Gasteiger partial charge in [-0.25, -0.2) is 28.1 Å². The molecule has 2 aromatic carbocycles. The molecule has 3 N–H and O–H groups in total. The highest BCUT2D eigenvalue weighted by Gasteiger charge is 2.72. The van der Waals surface area contributed by atoms with Gasteiger partial charge in [0, 0.05) is 25.0 Å². The monoisotopic (exact) mass is 922 g/mol. The smallest absolute Gasteiger partial charge is 0.489 e. The summed E-state index contributed by atoms with van der Waals surface area (Å²) < 4.78 is 59.9. The van der Waals surface area contributed by atoms with Crippen LogP contribution in [0.15, 0.2) is 47.8 Å². The van der Waals surface area contributed by atoms with Crippen molar-refractivity contribution in [3.8, 4) is 5.75 Å². The molecule has 65 heavy (non-hydrogen) atoms. The average Bonchev–Trinajstić information content (AvgIpc) is 3.88. The van der Waals surface area contributed by atoms with Crippen LogP contribution < -0.4 is 20.7 Å². The van der Waals surface area contributed by atoms with Crippen LogP contribution >= 0.6 is 11.3 Å². The number of nitrogens with one attached hydrogen (secondary N) is 3. The number of piperazine rings is 1. The molecule has 3 aliphatic carbocycles. The molecule has 17 nitrogen and oxygen atoms in total. The summed E-state index contributed by atoms with van der Waals surface area (Å²) in [6.45, 7) is 12.4. The van der Waals surface area contributed by atoms with Crippen molar-refractivity contribution in [2.75, 3.05) is 38.7 Å². The second kappa shape index (κ2) is 18.0. The first-order chi connectivity index (χ1) is 30.6. The Kier molecular flexibility index (Phi) is 13.1. The maximum atomic E-state index is 15.3. The van der Waals surface area contributed by atoms with E-state index in [9.17, 15) is 28.4 Å². The highest BCUT2D eigenvalue weighted by molar-refractivity contribution is 7.13. The van der Waals surface area contributed by atoms with E-state index in [0.29, 0.717) is 17.2 Å². The van der Waals surface area contributed by atoms with Crippen molar-refractivity contribution >= 4 is 59.4 Å². The summed E-state index contributed by atoms with van der Waals surface area (Å²) >= 11 is 0.904. The lowest BCUT2D eigenvalue weighted by Crippen LogP contribution is -2.71. The van der Waals surface area contributed by atoms with E-state index in [-0.39, 0.29) is 54.1 Å². The van der Waals surface area contributed by atoms with E-state index in [1.807, 2.05) is 13.0 Å². The number of carbonyl (C=O) groups excluding carboxylic acids is 6. The van der Waals surface area contributed by atoms with E-state index in [2.05, 4.69) is 34.8 Å². The molecule has 21 heteroatoms. The second-order valence-electron chi connectivity index (χ2n) is 18.5. The minimum absolute atomic E-state index is 0.0175. The molecule has 1 aromatic heterocycles. The number of urea groups is 1. The standard InChI is InChI=1S/C44H53BF2N6O11S/c1-9-52-17-18-53(36(56)35(52)55)39(58)49-33(27-22-65-38(48-27)50-40(59)61-21-24-13-11-10-12-14-24)34(54)51-44(41(2,3)4,23-62-37(57)31-28(60-8)16-15-26(46)32(31)47)45-63-30-20-25-19-29(42(25,5)6)43(30,7)64-45/h10-16,22,25,29-30,33H,9,17-21,23H2,1-8H3,(H,49,58)(H,51,54)(H,48,50,59)/t25-,29-,30+,33?,43-,44-/m0/s1. The Balaban J connectivity index is 1.24. The lowest BCUT2D eigenvalue weighted by atomic mass is 9.43. The number of anilines is 1. The third kappa shape index (κ3) is 8.76. The van der Waals surface area contributed by atoms with Crippen molar-refractivity contribution in [2.45, 2.75) is 91.1 Å². The lowest BCUT2D eigenvalue weighted by molar-refractivity contribution is -0.199. The Bertz CT molecular complexity index is 2370. The van der Waals surface area contributed by atoms with Gasteiger partial charge in [-0.2, -0.15) is 0 Å². The minimum atomic E-state index is -1.87. The van der Waals surface area contributed by atoms with Crippen LogP contribution in [-0.4, -0.2) is 108 Å². The number of aromatic nitrogens is 1. The summed E-state index contributed by atoms with van der Waals surface area (Å²) in [5, 5.41) is 9.42. The molecule has 5 fully saturated rings. The Morgan fingerprint density at radius 2 is 1.74 bits per heavy atom. The Morgan fingerprint density at radius 3 is 2.40 bits per heavy atom. The van der Waals surface area contributed by atoms with Crippen LogP contribution in [0, 0.1) is 34.3 Å². The highest BCUT2D eigenvalue weighted by atomic mass is 32.1. The van der Waals surface area contributed by atoms with Crippen LogP contribution in [0.5, 0.6) is 5.75 Å². The molecule has 2 aliphatic heterocycles. The van der Waals surface area contributed by atoms with Gasteiger partial charge in [-0.05, 0) is 67.1 Å². The zero-order valence-electron chi connectivity index (χ0n) is 37.5. The number of carbonyl (C=O) groups is 6. The molecule has 1 unspecified atom stereocenters. The predicted octanol–water partition coefficient (Wildman–Crippen LogP) is 5.65. The summed E-state index contributed by atoms with van der Waals surface area (Å²) in [6.07, 6.45) is 0.202. The van der Waals surface area contributed by atoms with Gasteiger partial charge in [0.2, 0.25) is 5.91 Å². The molecule has 0 radical (unpaired) electrons. The van der Waals surface area contributed by atoms with Gasteiger partial charge in [0.15, 0.2) is 22.8 Å². The number of ether oxygens (including phenoxy) is 3. The number of amides is 6. The SMILES string of the molecule is CCN1CCN(C(=O)NC(C(=O)N[C@](COC(=O)c2c(OC)ccc(F)c2F)(B2O[C@@H]3C[C@@H]4C[C@@H](C4(C)C)[C@]3(C)O2)C(C)(C)C)c2csc(NC(=O)OCc3ccccc3)n2)C(=O)C1=O. The first-order valence-corrected chi connectivity index (χ1v) is 22.2. The van der Waals surface area contributed by atoms with E-state index in [1.165, 1.54) is 17.4 Å². The predicted molar refractivity (Wildman–Crippen MR) is 231 cm³/mol. The van der Waals surface area contributed by atoms with Gasteiger partial charge in [-0.15, -0.1) is 11.3 Å². The number of thiazole rings is 1. The largest absolute Gasteiger partial charge is 0.496 e. The molecule has 3 aromatic rings. The molecule has 2 bridgehead atoms. The van der Waals surface area contributed by atoms with Crippen LogP contribution in [0.4, 0.5) is 23.5 Å². The molecule has 6 amide bonds. The molecule has 3 heterocycles. The van der Waals surface area contributed by atoms with Crippen LogP contribution in [-0.2, 0) is 39.8 Å². The number of rotatable bonds is 13. The molecule has 2 saturated heterocycles. The molecule has 348 valence electrons. The van der Waals surface area contributed by atoms with Gasteiger partial charge in [-0.1, -0.05) is 65.0 Å². The van der Waals surface area contributed by atoms with Gasteiger partial charge >= 0.3 is 37.0 Å². The lowest BCUT2D eigenvalue weighted by Gasteiger charge is -2.64. The van der Waals surface area contributed by atoms with Crippen molar-refractivity contribution < 1.29 is 61.1 Å². The van der Waals surface area contributed by atoms with Gasteiger partial charge < -0.3 is 39.1 Å². The maximum Gasteiger partial charge on any atom is 0.489 e. The second-order valence-corrected chi connectivity index (χ2v) is 19.4. The highest BCUT2D eigenvalue weighted by Crippen LogP contribution is 2.66. The quantitative estimate of drug-likeness (QED) is 0.108. The number of hydrogen-bond donors (Lipinski definition) is 3. The van der Waals surface area contributed by atoms with Gasteiger partial charge in [-0.3, -0.25) is 24.6 Å². The van der Waals surface area contributed by atoms with E-state index in [0.717, 1.165) is 35.5 Å². The molecule has 5 aliphatic rings. The van der Waals surface area contributed by atoms with Gasteiger partial charge in [0.05, 0.1) is 24.5 Å². The Morgan fingerprint density at radius 1 is 1.02 bits per heavy atom.